The highest BCUT2D eigenvalue weighted by Gasteiger charge is 2.34. The lowest BCUT2D eigenvalue weighted by atomic mass is 9.86. The summed E-state index contributed by atoms with van der Waals surface area (Å²) in [6.07, 6.45) is 2.08. The fourth-order valence-corrected chi connectivity index (χ4v) is 4.35. The van der Waals surface area contributed by atoms with Crippen LogP contribution in [0.2, 0.25) is 0 Å². The summed E-state index contributed by atoms with van der Waals surface area (Å²) in [6, 6.07) is 12.6. The molecule has 29 heavy (non-hydrogen) atoms. The average molecular weight is 400 g/mol. The summed E-state index contributed by atoms with van der Waals surface area (Å²) in [4.78, 5) is 2.17. The van der Waals surface area contributed by atoms with Crippen LogP contribution >= 0.6 is 0 Å². The highest BCUT2D eigenvalue weighted by atomic mass is 19.1. The summed E-state index contributed by atoms with van der Waals surface area (Å²) >= 11 is 0. The van der Waals surface area contributed by atoms with Gasteiger partial charge in [0.1, 0.15) is 17.7 Å². The SMILES string of the molecule is CC(C)CN(c1ccc(F)cc1)c1ccc2c(c1)C(O)CC(C1CCOCC1)O2. The molecule has 0 aromatic heterocycles. The summed E-state index contributed by atoms with van der Waals surface area (Å²) in [6.45, 7) is 6.66. The van der Waals surface area contributed by atoms with Crippen LogP contribution in [-0.2, 0) is 4.74 Å². The molecule has 2 aliphatic rings. The molecule has 2 aliphatic heterocycles. The van der Waals surface area contributed by atoms with Gasteiger partial charge in [-0.05, 0) is 61.2 Å². The van der Waals surface area contributed by atoms with Crippen molar-refractivity contribution in [3.8, 4) is 5.75 Å². The zero-order chi connectivity index (χ0) is 20.4. The predicted molar refractivity (Wildman–Crippen MR) is 112 cm³/mol. The van der Waals surface area contributed by atoms with Crippen molar-refractivity contribution >= 4 is 11.4 Å². The number of benzene rings is 2. The molecule has 4 rings (SSSR count). The van der Waals surface area contributed by atoms with Gasteiger partial charge in [0, 0.05) is 49.0 Å². The van der Waals surface area contributed by atoms with Gasteiger partial charge in [-0.1, -0.05) is 13.8 Å². The standard InChI is InChI=1S/C24H30FNO3/c1-16(2)15-26(19-5-3-18(25)4-6-19)20-7-8-23-21(13-20)22(27)14-24(29-23)17-9-11-28-12-10-17/h3-8,13,16-17,22,24,27H,9-12,14-15H2,1-2H3. The Morgan fingerprint density at radius 2 is 1.76 bits per heavy atom. The van der Waals surface area contributed by atoms with E-state index in [1.807, 2.05) is 18.2 Å². The Kier molecular flexibility index (Phi) is 6.07. The first kappa shape index (κ1) is 20.2. The van der Waals surface area contributed by atoms with Gasteiger partial charge in [-0.2, -0.15) is 0 Å². The Labute approximate surface area is 172 Å². The molecule has 0 spiro atoms. The van der Waals surface area contributed by atoms with Gasteiger partial charge in [0.25, 0.3) is 0 Å². The Morgan fingerprint density at radius 1 is 1.07 bits per heavy atom. The normalized spacial score (nSPS) is 22.2. The van der Waals surface area contributed by atoms with Gasteiger partial charge in [0.05, 0.1) is 6.10 Å². The van der Waals surface area contributed by atoms with E-state index in [9.17, 15) is 9.50 Å². The van der Waals surface area contributed by atoms with Gasteiger partial charge in [-0.15, -0.1) is 0 Å². The second kappa shape index (κ2) is 8.72. The van der Waals surface area contributed by atoms with E-state index < -0.39 is 6.10 Å². The molecule has 1 fully saturated rings. The third-order valence-corrected chi connectivity index (χ3v) is 5.88. The lowest BCUT2D eigenvalue weighted by Gasteiger charge is -2.37. The molecule has 5 heteroatoms. The largest absolute Gasteiger partial charge is 0.490 e. The predicted octanol–water partition coefficient (Wildman–Crippen LogP) is 5.23. The number of anilines is 2. The Morgan fingerprint density at radius 3 is 2.45 bits per heavy atom. The summed E-state index contributed by atoms with van der Waals surface area (Å²) in [5.74, 6) is 1.39. The minimum Gasteiger partial charge on any atom is -0.490 e. The molecular weight excluding hydrogens is 369 g/mol. The molecule has 0 aliphatic carbocycles. The molecule has 1 saturated heterocycles. The van der Waals surface area contributed by atoms with Crippen LogP contribution in [0.4, 0.5) is 15.8 Å². The van der Waals surface area contributed by atoms with Crippen molar-refractivity contribution in [2.45, 2.75) is 45.3 Å². The molecule has 2 aromatic carbocycles. The summed E-state index contributed by atoms with van der Waals surface area (Å²) in [5, 5.41) is 10.9. The molecular formula is C24H30FNO3. The van der Waals surface area contributed by atoms with Gasteiger partial charge in [-0.3, -0.25) is 0 Å². The Bertz CT molecular complexity index is 817. The van der Waals surface area contributed by atoms with E-state index in [0.717, 1.165) is 55.3 Å². The molecule has 2 atom stereocenters. The summed E-state index contributed by atoms with van der Waals surface area (Å²) in [7, 11) is 0. The van der Waals surface area contributed by atoms with Gasteiger partial charge >= 0.3 is 0 Å². The van der Waals surface area contributed by atoms with Crippen molar-refractivity contribution < 1.29 is 19.0 Å². The van der Waals surface area contributed by atoms with Crippen LogP contribution in [0, 0.1) is 17.7 Å². The molecule has 1 N–H and O–H groups in total. The van der Waals surface area contributed by atoms with Gasteiger partial charge in [0.15, 0.2) is 0 Å². The first-order valence-electron chi connectivity index (χ1n) is 10.6. The fourth-order valence-electron chi connectivity index (χ4n) is 4.35. The van der Waals surface area contributed by atoms with E-state index in [-0.39, 0.29) is 11.9 Å². The Hall–Kier alpha value is -2.11. The minimum atomic E-state index is -0.541. The molecule has 0 amide bonds. The van der Waals surface area contributed by atoms with Gasteiger partial charge in [0.2, 0.25) is 0 Å². The smallest absolute Gasteiger partial charge is 0.125 e. The molecule has 0 saturated carbocycles. The highest BCUT2D eigenvalue weighted by molar-refractivity contribution is 5.65. The van der Waals surface area contributed by atoms with E-state index >= 15 is 0 Å². The van der Waals surface area contributed by atoms with Gasteiger partial charge in [-0.25, -0.2) is 4.39 Å². The number of aliphatic hydroxyl groups is 1. The zero-order valence-electron chi connectivity index (χ0n) is 17.2. The topological polar surface area (TPSA) is 41.9 Å². The number of fused-ring (bicyclic) bond motifs is 1. The molecule has 0 bridgehead atoms. The van der Waals surface area contributed by atoms with E-state index in [4.69, 9.17) is 9.47 Å². The third-order valence-electron chi connectivity index (χ3n) is 5.88. The van der Waals surface area contributed by atoms with E-state index in [1.54, 1.807) is 12.1 Å². The van der Waals surface area contributed by atoms with Gasteiger partial charge < -0.3 is 19.5 Å². The minimum absolute atomic E-state index is 0.0381. The maximum absolute atomic E-state index is 13.4. The van der Waals surface area contributed by atoms with Crippen molar-refractivity contribution in [1.82, 2.24) is 0 Å². The zero-order valence-corrected chi connectivity index (χ0v) is 17.2. The highest BCUT2D eigenvalue weighted by Crippen LogP contribution is 2.41. The van der Waals surface area contributed by atoms with Crippen LogP contribution < -0.4 is 9.64 Å². The van der Waals surface area contributed by atoms with Crippen LogP contribution in [0.5, 0.6) is 5.75 Å². The fraction of sp³-hybridized carbons (Fsp3) is 0.500. The molecule has 156 valence electrons. The second-order valence-electron chi connectivity index (χ2n) is 8.56. The summed E-state index contributed by atoms with van der Waals surface area (Å²) in [5.41, 5.74) is 2.75. The first-order valence-corrected chi connectivity index (χ1v) is 10.6. The third kappa shape index (κ3) is 4.57. The lowest BCUT2D eigenvalue weighted by molar-refractivity contribution is -0.0150. The van der Waals surface area contributed by atoms with Crippen molar-refractivity contribution in [2.75, 3.05) is 24.7 Å². The van der Waals surface area contributed by atoms with E-state index in [0.29, 0.717) is 18.3 Å². The second-order valence-corrected chi connectivity index (χ2v) is 8.56. The van der Waals surface area contributed by atoms with E-state index in [2.05, 4.69) is 18.7 Å². The lowest BCUT2D eigenvalue weighted by Crippen LogP contribution is -2.36. The number of halogens is 1. The number of hydrogen-bond donors (Lipinski definition) is 1. The van der Waals surface area contributed by atoms with Crippen LogP contribution in [0.25, 0.3) is 0 Å². The quantitative estimate of drug-likeness (QED) is 0.747. The van der Waals surface area contributed by atoms with Crippen molar-refractivity contribution in [3.63, 3.8) is 0 Å². The first-order chi connectivity index (χ1) is 14.0. The van der Waals surface area contributed by atoms with Crippen LogP contribution in [-0.4, -0.2) is 31.0 Å². The number of ether oxygens (including phenoxy) is 2. The van der Waals surface area contributed by atoms with Crippen LogP contribution in [0.3, 0.4) is 0 Å². The number of aliphatic hydroxyl groups excluding tert-OH is 1. The Balaban J connectivity index is 1.60. The average Bonchev–Trinajstić information content (AvgIpc) is 2.73. The van der Waals surface area contributed by atoms with Crippen molar-refractivity contribution in [2.24, 2.45) is 11.8 Å². The van der Waals surface area contributed by atoms with Crippen LogP contribution in [0.15, 0.2) is 42.5 Å². The van der Waals surface area contributed by atoms with Crippen molar-refractivity contribution in [1.29, 1.82) is 0 Å². The molecule has 2 aromatic rings. The number of rotatable bonds is 5. The summed E-state index contributed by atoms with van der Waals surface area (Å²) < 4.78 is 25.2. The maximum atomic E-state index is 13.4. The van der Waals surface area contributed by atoms with Crippen LogP contribution in [0.1, 0.15) is 44.8 Å². The molecule has 0 radical (unpaired) electrons. The number of nitrogens with zero attached hydrogens (tertiary/aromatic N) is 1. The van der Waals surface area contributed by atoms with E-state index in [1.165, 1.54) is 12.1 Å². The maximum Gasteiger partial charge on any atom is 0.125 e. The van der Waals surface area contributed by atoms with Crippen molar-refractivity contribution in [3.05, 3.63) is 53.8 Å². The number of hydrogen-bond acceptors (Lipinski definition) is 4. The molecule has 2 unspecified atom stereocenters. The molecule has 2 heterocycles. The monoisotopic (exact) mass is 399 g/mol. The molecule has 4 nitrogen and oxygen atoms in total.